The van der Waals surface area contributed by atoms with E-state index in [0.717, 1.165) is 58.3 Å². The van der Waals surface area contributed by atoms with Crippen LogP contribution in [0.15, 0.2) is 67.2 Å². The number of benzene rings is 3. The smallest absolute Gasteiger partial charge is 0.150 e. The van der Waals surface area contributed by atoms with Gasteiger partial charge in [-0.15, -0.1) is 0 Å². The lowest BCUT2D eigenvalue weighted by atomic mass is 9.85. The van der Waals surface area contributed by atoms with E-state index >= 15 is 0 Å². The second-order valence-electron chi connectivity index (χ2n) is 10.3. The molecule has 2 aliphatic heterocycles. The molecule has 37 heavy (non-hydrogen) atoms. The Balaban J connectivity index is 1.44. The van der Waals surface area contributed by atoms with Crippen molar-refractivity contribution in [1.82, 2.24) is 4.90 Å². The van der Waals surface area contributed by atoms with E-state index < -0.39 is 0 Å². The number of likely N-dealkylation sites (tertiary alicyclic amines) is 1. The van der Waals surface area contributed by atoms with Crippen molar-refractivity contribution in [2.75, 3.05) is 19.7 Å². The van der Waals surface area contributed by atoms with Crippen molar-refractivity contribution >= 4 is 17.2 Å². The number of fused-ring (bicyclic) bond motifs is 1. The number of phenolic OH excluding ortho intramolecular Hbond substituents is 2. The summed E-state index contributed by atoms with van der Waals surface area (Å²) in [5, 5.41) is 20.3. The SMILES string of the molecule is C=Cc1cc(C2=C(C)c3cc(O)ccc3OC2c2ccc(OCC(C)N3CCC(C)C3)cc2)ccc1O. The van der Waals surface area contributed by atoms with Gasteiger partial charge in [-0.25, -0.2) is 0 Å². The maximum Gasteiger partial charge on any atom is 0.150 e. The fraction of sp³-hybridized carbons (Fsp3) is 0.312. The molecule has 2 heterocycles. The summed E-state index contributed by atoms with van der Waals surface area (Å²) in [6, 6.07) is 19.2. The molecule has 3 unspecified atom stereocenters. The highest BCUT2D eigenvalue weighted by Gasteiger charge is 2.30. The van der Waals surface area contributed by atoms with Crippen LogP contribution in [0.25, 0.3) is 17.2 Å². The normalized spacial score (nSPS) is 20.3. The molecule has 2 N–H and O–H groups in total. The Morgan fingerprint density at radius 1 is 1.11 bits per heavy atom. The summed E-state index contributed by atoms with van der Waals surface area (Å²) in [5.41, 5.74) is 5.42. The second-order valence-corrected chi connectivity index (χ2v) is 10.3. The zero-order valence-corrected chi connectivity index (χ0v) is 21.8. The number of hydrogen-bond donors (Lipinski definition) is 2. The Hall–Kier alpha value is -3.70. The quantitative estimate of drug-likeness (QED) is 0.371. The maximum absolute atomic E-state index is 10.2. The monoisotopic (exact) mass is 497 g/mol. The highest BCUT2D eigenvalue weighted by atomic mass is 16.5. The van der Waals surface area contributed by atoms with Gasteiger partial charge in [0, 0.05) is 29.3 Å². The number of rotatable bonds is 7. The third-order valence-electron chi connectivity index (χ3n) is 7.59. The number of nitrogens with zero attached hydrogens (tertiary/aromatic N) is 1. The molecular formula is C32H35NO4. The lowest BCUT2D eigenvalue weighted by Gasteiger charge is -2.31. The van der Waals surface area contributed by atoms with Gasteiger partial charge in [0.05, 0.1) is 0 Å². The van der Waals surface area contributed by atoms with E-state index in [2.05, 4.69) is 37.5 Å². The van der Waals surface area contributed by atoms with Crippen molar-refractivity contribution in [3.63, 3.8) is 0 Å². The molecule has 3 aromatic rings. The number of phenols is 2. The van der Waals surface area contributed by atoms with Crippen LogP contribution in [0.1, 0.15) is 55.5 Å². The molecule has 0 saturated carbocycles. The van der Waals surface area contributed by atoms with E-state index in [1.807, 2.05) is 37.3 Å². The predicted molar refractivity (Wildman–Crippen MR) is 149 cm³/mol. The molecule has 0 aromatic heterocycles. The van der Waals surface area contributed by atoms with Crippen molar-refractivity contribution in [2.45, 2.75) is 39.3 Å². The van der Waals surface area contributed by atoms with E-state index in [1.165, 1.54) is 6.42 Å². The summed E-state index contributed by atoms with van der Waals surface area (Å²) < 4.78 is 12.7. The van der Waals surface area contributed by atoms with Gasteiger partial charge in [-0.05, 0) is 91.9 Å². The van der Waals surface area contributed by atoms with Crippen LogP contribution in [0, 0.1) is 5.92 Å². The summed E-state index contributed by atoms with van der Waals surface area (Å²) in [4.78, 5) is 2.50. The van der Waals surface area contributed by atoms with Crippen molar-refractivity contribution in [3.05, 3.63) is 89.5 Å². The minimum atomic E-state index is -0.363. The van der Waals surface area contributed by atoms with Crippen LogP contribution >= 0.6 is 0 Å². The molecule has 0 aliphatic carbocycles. The van der Waals surface area contributed by atoms with Gasteiger partial charge in [-0.2, -0.15) is 0 Å². The number of aromatic hydroxyl groups is 2. The van der Waals surface area contributed by atoms with Gasteiger partial charge in [-0.1, -0.05) is 37.8 Å². The average molecular weight is 498 g/mol. The Bertz CT molecular complexity index is 1330. The van der Waals surface area contributed by atoms with E-state index in [1.54, 1.807) is 24.3 Å². The van der Waals surface area contributed by atoms with Gasteiger partial charge in [0.15, 0.2) is 0 Å². The largest absolute Gasteiger partial charge is 0.508 e. The van der Waals surface area contributed by atoms with E-state index in [9.17, 15) is 10.2 Å². The minimum absolute atomic E-state index is 0.183. The molecule has 2 aliphatic rings. The highest BCUT2D eigenvalue weighted by molar-refractivity contribution is 5.96. The molecule has 1 fully saturated rings. The third-order valence-corrected chi connectivity index (χ3v) is 7.59. The Morgan fingerprint density at radius 2 is 1.89 bits per heavy atom. The Kier molecular flexibility index (Phi) is 6.98. The topological polar surface area (TPSA) is 62.2 Å². The predicted octanol–water partition coefficient (Wildman–Crippen LogP) is 6.91. The molecule has 5 nitrogen and oxygen atoms in total. The van der Waals surface area contributed by atoms with Gasteiger partial charge >= 0.3 is 0 Å². The van der Waals surface area contributed by atoms with E-state index in [0.29, 0.717) is 18.2 Å². The van der Waals surface area contributed by atoms with Crippen LogP contribution in [-0.4, -0.2) is 40.9 Å². The maximum atomic E-state index is 10.2. The van der Waals surface area contributed by atoms with Crippen LogP contribution in [-0.2, 0) is 0 Å². The molecule has 0 amide bonds. The standard InChI is InChI=1S/C32H35NO4/c1-5-23-16-25(8-12-29(23)35)31-22(4)28-17-26(34)9-13-30(28)37-32(31)24-6-10-27(11-7-24)36-19-21(3)33-15-14-20(2)18-33/h5-13,16-17,20-21,32,34-35H,1,14-15,18-19H2,2-4H3. The molecule has 3 atom stereocenters. The van der Waals surface area contributed by atoms with Crippen LogP contribution in [0.3, 0.4) is 0 Å². The number of allylic oxidation sites excluding steroid dienone is 1. The number of hydrogen-bond acceptors (Lipinski definition) is 5. The van der Waals surface area contributed by atoms with Crippen LogP contribution < -0.4 is 9.47 Å². The summed E-state index contributed by atoms with van der Waals surface area (Å²) in [5.74, 6) is 2.69. The second kappa shape index (κ2) is 10.3. The van der Waals surface area contributed by atoms with Crippen molar-refractivity contribution in [2.24, 2.45) is 5.92 Å². The Morgan fingerprint density at radius 3 is 2.59 bits per heavy atom. The summed E-state index contributed by atoms with van der Waals surface area (Å²) >= 11 is 0. The Labute approximate surface area is 219 Å². The molecule has 3 aromatic carbocycles. The molecular weight excluding hydrogens is 462 g/mol. The zero-order chi connectivity index (χ0) is 26.1. The first-order valence-electron chi connectivity index (χ1n) is 13.0. The molecule has 0 spiro atoms. The van der Waals surface area contributed by atoms with E-state index in [-0.39, 0.29) is 17.6 Å². The fourth-order valence-electron chi connectivity index (χ4n) is 5.36. The summed E-state index contributed by atoms with van der Waals surface area (Å²) in [7, 11) is 0. The van der Waals surface area contributed by atoms with Crippen molar-refractivity contribution in [3.8, 4) is 23.0 Å². The van der Waals surface area contributed by atoms with Crippen LogP contribution in [0.5, 0.6) is 23.0 Å². The first kappa shape index (κ1) is 25.0. The lowest BCUT2D eigenvalue weighted by Crippen LogP contribution is -2.35. The zero-order valence-electron chi connectivity index (χ0n) is 21.8. The molecule has 192 valence electrons. The number of ether oxygens (including phenoxy) is 2. The van der Waals surface area contributed by atoms with Gasteiger partial charge in [0.1, 0.15) is 35.7 Å². The fourth-order valence-corrected chi connectivity index (χ4v) is 5.36. The first-order valence-corrected chi connectivity index (χ1v) is 13.0. The molecule has 0 radical (unpaired) electrons. The highest BCUT2D eigenvalue weighted by Crippen LogP contribution is 2.48. The molecule has 1 saturated heterocycles. The van der Waals surface area contributed by atoms with Gasteiger partial charge in [-0.3, -0.25) is 4.90 Å². The van der Waals surface area contributed by atoms with E-state index in [4.69, 9.17) is 9.47 Å². The van der Waals surface area contributed by atoms with Crippen molar-refractivity contribution in [1.29, 1.82) is 0 Å². The van der Waals surface area contributed by atoms with Gasteiger partial charge in [0.25, 0.3) is 0 Å². The average Bonchev–Trinajstić information content (AvgIpc) is 3.35. The molecule has 5 rings (SSSR count). The summed E-state index contributed by atoms with van der Waals surface area (Å²) in [6.07, 6.45) is 2.54. The lowest BCUT2D eigenvalue weighted by molar-refractivity contribution is 0.169. The molecule has 5 heteroatoms. The minimum Gasteiger partial charge on any atom is -0.508 e. The van der Waals surface area contributed by atoms with Crippen molar-refractivity contribution < 1.29 is 19.7 Å². The third kappa shape index (κ3) is 5.09. The first-order chi connectivity index (χ1) is 17.8. The van der Waals surface area contributed by atoms with Gasteiger partial charge in [0.2, 0.25) is 0 Å². The van der Waals surface area contributed by atoms with Gasteiger partial charge < -0.3 is 19.7 Å². The molecule has 0 bridgehead atoms. The summed E-state index contributed by atoms with van der Waals surface area (Å²) in [6.45, 7) is 13.4. The van der Waals surface area contributed by atoms with Crippen LogP contribution in [0.2, 0.25) is 0 Å². The van der Waals surface area contributed by atoms with Crippen LogP contribution in [0.4, 0.5) is 0 Å².